The lowest BCUT2D eigenvalue weighted by molar-refractivity contribution is 0.600. The predicted molar refractivity (Wildman–Crippen MR) is 111 cm³/mol. The van der Waals surface area contributed by atoms with Gasteiger partial charge in [0.1, 0.15) is 10.0 Å². The molecule has 2 fully saturated rings. The number of sulfonamides is 1. The zero-order chi connectivity index (χ0) is 18.6. The Hall–Kier alpha value is -2.30. The summed E-state index contributed by atoms with van der Waals surface area (Å²) in [7, 11) is -3.73. The molecular formula is C17H26N6O2S2. The second-order valence-electron chi connectivity index (χ2n) is 7.05. The van der Waals surface area contributed by atoms with Gasteiger partial charge in [0, 0.05) is 41.1 Å². The Labute approximate surface area is 166 Å². The lowest BCUT2D eigenvalue weighted by Gasteiger charge is -2.07. The van der Waals surface area contributed by atoms with Gasteiger partial charge in [0.15, 0.2) is 11.6 Å². The van der Waals surface area contributed by atoms with Crippen molar-refractivity contribution in [3.8, 4) is 10.7 Å². The molecular weight excluding hydrogens is 384 g/mol. The molecule has 5 rings (SSSR count). The van der Waals surface area contributed by atoms with E-state index in [-0.39, 0.29) is 9.92 Å². The highest BCUT2D eigenvalue weighted by Gasteiger charge is 2.28. The molecule has 0 atom stereocenters. The maximum Gasteiger partial charge on any atom is 0.247 e. The van der Waals surface area contributed by atoms with Gasteiger partial charge in [-0.15, -0.1) is 11.3 Å². The third kappa shape index (κ3) is 3.60. The fraction of sp³-hybridized carbons (Fsp3) is 0.353. The Morgan fingerprint density at radius 3 is 2.56 bits per heavy atom. The number of H-pyrrole nitrogens is 1. The van der Waals surface area contributed by atoms with Gasteiger partial charge in [0.25, 0.3) is 0 Å². The quantitative estimate of drug-likeness (QED) is 0.562. The maximum absolute atomic E-state index is 11.6. The normalized spacial score (nSPS) is 17.2. The van der Waals surface area contributed by atoms with Crippen molar-refractivity contribution in [3.63, 3.8) is 0 Å². The first-order chi connectivity index (χ1) is 13.0. The minimum absolute atomic E-state index is 0. The van der Waals surface area contributed by atoms with E-state index >= 15 is 0 Å². The molecule has 0 bridgehead atoms. The number of aromatic nitrogens is 4. The predicted octanol–water partition coefficient (Wildman–Crippen LogP) is 4.06. The lowest BCUT2D eigenvalue weighted by atomic mass is 10.2. The molecule has 3 aromatic heterocycles. The van der Waals surface area contributed by atoms with Gasteiger partial charge in [-0.25, -0.2) is 23.5 Å². The van der Waals surface area contributed by atoms with Crippen molar-refractivity contribution in [2.24, 2.45) is 5.14 Å². The molecule has 0 aromatic carbocycles. The van der Waals surface area contributed by atoms with Crippen LogP contribution in [0.1, 0.15) is 54.6 Å². The maximum atomic E-state index is 11.6. The summed E-state index contributed by atoms with van der Waals surface area (Å²) in [5.74, 6) is 2.91. The molecule has 2 saturated carbocycles. The van der Waals surface area contributed by atoms with Crippen LogP contribution >= 0.6 is 11.3 Å². The van der Waals surface area contributed by atoms with Crippen LogP contribution in [0.4, 0.5) is 11.6 Å². The number of hydrogen-bond acceptors (Lipinski definition) is 7. The molecule has 0 aliphatic heterocycles. The number of nitrogens with zero attached hydrogens (tertiary/aromatic N) is 3. The van der Waals surface area contributed by atoms with Crippen LogP contribution in [0, 0.1) is 0 Å². The Balaban J connectivity index is 0.00000120. The third-order valence-electron chi connectivity index (χ3n) is 4.69. The SMILES string of the molecule is NS(=O)(=O)c1ccc(-c2nc(Nc3cc(C4CC4)[nH]n3)cc(C3CC3)n2)s1.[HH].[HH].[HH].[HH]. The minimum atomic E-state index is -3.73. The van der Waals surface area contributed by atoms with E-state index in [2.05, 4.69) is 25.5 Å². The fourth-order valence-electron chi connectivity index (χ4n) is 2.96. The van der Waals surface area contributed by atoms with E-state index in [9.17, 15) is 8.42 Å². The number of nitrogens with two attached hydrogens (primary N) is 1. The molecule has 2 aliphatic carbocycles. The zero-order valence-corrected chi connectivity index (χ0v) is 16.0. The van der Waals surface area contributed by atoms with Crippen LogP contribution in [0.25, 0.3) is 10.7 Å². The molecule has 0 radical (unpaired) electrons. The number of hydrogen-bond donors (Lipinski definition) is 3. The molecule has 0 spiro atoms. The zero-order valence-electron chi connectivity index (χ0n) is 14.3. The van der Waals surface area contributed by atoms with Crippen molar-refractivity contribution >= 4 is 33.0 Å². The van der Waals surface area contributed by atoms with Gasteiger partial charge in [-0.05, 0) is 37.8 Å². The molecule has 3 aromatic rings. The standard InChI is InChI=1S/C17H18N6O2S2.4H2/c18-27(24,25)16-6-5-13(26-16)17-19-11(9-1-2-9)7-14(21-17)20-15-8-12(22-23-15)10-3-4-10;;;;/h5-10H,1-4H2,(H2,18,24,25)(H2,19,20,21,22,23);4*1H. The molecule has 3 heterocycles. The van der Waals surface area contributed by atoms with Crippen LogP contribution in [-0.2, 0) is 10.0 Å². The first-order valence-corrected chi connectivity index (χ1v) is 11.2. The number of anilines is 2. The van der Waals surface area contributed by atoms with Crippen molar-refractivity contribution in [2.75, 3.05) is 5.32 Å². The van der Waals surface area contributed by atoms with E-state index < -0.39 is 10.0 Å². The number of rotatable bonds is 6. The van der Waals surface area contributed by atoms with Crippen molar-refractivity contribution < 1.29 is 14.1 Å². The van der Waals surface area contributed by atoms with Gasteiger partial charge in [0.2, 0.25) is 10.0 Å². The van der Waals surface area contributed by atoms with Crippen molar-refractivity contribution in [2.45, 2.75) is 41.7 Å². The third-order valence-corrected chi connectivity index (χ3v) is 7.21. The summed E-state index contributed by atoms with van der Waals surface area (Å²) in [6.07, 6.45) is 4.62. The first-order valence-electron chi connectivity index (χ1n) is 8.80. The smallest absolute Gasteiger partial charge is 0.247 e. The molecule has 27 heavy (non-hydrogen) atoms. The van der Waals surface area contributed by atoms with Crippen LogP contribution in [0.5, 0.6) is 0 Å². The van der Waals surface area contributed by atoms with Gasteiger partial charge in [-0.1, -0.05) is 0 Å². The topological polar surface area (TPSA) is 127 Å². The second-order valence-corrected chi connectivity index (χ2v) is 9.92. The summed E-state index contributed by atoms with van der Waals surface area (Å²) < 4.78 is 23.2. The van der Waals surface area contributed by atoms with E-state index in [0.29, 0.717) is 28.4 Å². The Morgan fingerprint density at radius 1 is 1.11 bits per heavy atom. The van der Waals surface area contributed by atoms with Gasteiger partial charge < -0.3 is 5.32 Å². The van der Waals surface area contributed by atoms with Crippen LogP contribution in [0.15, 0.2) is 28.5 Å². The van der Waals surface area contributed by atoms with E-state index in [1.165, 1.54) is 18.9 Å². The number of aromatic amines is 1. The van der Waals surface area contributed by atoms with Crippen molar-refractivity contribution in [1.29, 1.82) is 0 Å². The van der Waals surface area contributed by atoms with Crippen LogP contribution < -0.4 is 10.5 Å². The molecule has 8 nitrogen and oxygen atoms in total. The van der Waals surface area contributed by atoms with Gasteiger partial charge in [-0.3, -0.25) is 5.10 Å². The van der Waals surface area contributed by atoms with E-state index in [1.807, 2.05) is 12.1 Å². The highest BCUT2D eigenvalue weighted by Crippen LogP contribution is 2.42. The monoisotopic (exact) mass is 410 g/mol. The fourth-order valence-corrected chi connectivity index (χ4v) is 4.62. The highest BCUT2D eigenvalue weighted by atomic mass is 32.2. The van der Waals surface area contributed by atoms with Gasteiger partial charge in [0.05, 0.1) is 4.88 Å². The highest BCUT2D eigenvalue weighted by molar-refractivity contribution is 7.91. The molecule has 2 aliphatic rings. The Kier molecular flexibility index (Phi) is 3.81. The molecule has 0 unspecified atom stereocenters. The number of thiophene rings is 1. The summed E-state index contributed by atoms with van der Waals surface area (Å²) in [6, 6.07) is 7.15. The second kappa shape index (κ2) is 6.11. The number of nitrogens with one attached hydrogen (secondary N) is 2. The van der Waals surface area contributed by atoms with E-state index in [1.54, 1.807) is 6.07 Å². The summed E-state index contributed by atoms with van der Waals surface area (Å²) in [5, 5.41) is 15.8. The van der Waals surface area contributed by atoms with Crippen molar-refractivity contribution in [1.82, 2.24) is 20.2 Å². The average Bonchev–Trinajstić information content (AvgIpc) is 3.55. The van der Waals surface area contributed by atoms with E-state index in [0.717, 1.165) is 41.4 Å². The van der Waals surface area contributed by atoms with Gasteiger partial charge >= 0.3 is 0 Å². The minimum Gasteiger partial charge on any atom is -0.323 e. The molecule has 10 heteroatoms. The number of primary sulfonamides is 1. The first kappa shape index (κ1) is 16.8. The van der Waals surface area contributed by atoms with Crippen LogP contribution in [-0.4, -0.2) is 28.6 Å². The molecule has 4 N–H and O–H groups in total. The summed E-state index contributed by atoms with van der Waals surface area (Å²) >= 11 is 1.08. The largest absolute Gasteiger partial charge is 0.323 e. The Bertz CT molecular complexity index is 1130. The molecule has 0 saturated heterocycles. The Morgan fingerprint density at radius 2 is 1.89 bits per heavy atom. The molecule has 148 valence electrons. The molecule has 0 amide bonds. The van der Waals surface area contributed by atoms with Crippen LogP contribution in [0.3, 0.4) is 0 Å². The van der Waals surface area contributed by atoms with Crippen LogP contribution in [0.2, 0.25) is 0 Å². The summed E-state index contributed by atoms with van der Waals surface area (Å²) in [5.41, 5.74) is 2.11. The van der Waals surface area contributed by atoms with Gasteiger partial charge in [-0.2, -0.15) is 5.10 Å². The van der Waals surface area contributed by atoms with E-state index in [4.69, 9.17) is 5.14 Å². The summed E-state index contributed by atoms with van der Waals surface area (Å²) in [6.45, 7) is 0. The summed E-state index contributed by atoms with van der Waals surface area (Å²) in [4.78, 5) is 9.89. The van der Waals surface area contributed by atoms with Crippen molar-refractivity contribution in [3.05, 3.63) is 35.7 Å². The average molecular weight is 411 g/mol. The lowest BCUT2D eigenvalue weighted by Crippen LogP contribution is -2.09.